The Balaban J connectivity index is 1.68. The second-order valence-corrected chi connectivity index (χ2v) is 5.06. The molecule has 0 radical (unpaired) electrons. The molecule has 1 aromatic heterocycles. The van der Waals surface area contributed by atoms with Crippen LogP contribution in [0.5, 0.6) is 11.5 Å². The van der Waals surface area contributed by atoms with E-state index in [1.807, 2.05) is 49.4 Å². The molecule has 0 fully saturated rings. The van der Waals surface area contributed by atoms with Crippen molar-refractivity contribution in [2.75, 3.05) is 5.32 Å². The van der Waals surface area contributed by atoms with Gasteiger partial charge in [0.05, 0.1) is 0 Å². The minimum absolute atomic E-state index is 0.200. The Morgan fingerprint density at radius 1 is 0.870 bits per heavy atom. The molecule has 0 saturated heterocycles. The molecule has 0 spiro atoms. The van der Waals surface area contributed by atoms with Crippen molar-refractivity contribution in [3.63, 3.8) is 0 Å². The van der Waals surface area contributed by atoms with Gasteiger partial charge in [-0.05, 0) is 55.5 Å². The van der Waals surface area contributed by atoms with Crippen LogP contribution >= 0.6 is 0 Å². The summed E-state index contributed by atoms with van der Waals surface area (Å²) >= 11 is 0. The zero-order chi connectivity index (χ0) is 16.1. The molecule has 1 N–H and O–H groups in total. The first-order valence-corrected chi connectivity index (χ1v) is 7.29. The number of hydrogen-bond acceptors (Lipinski definition) is 3. The number of nitrogens with zero attached hydrogens (tertiary/aromatic N) is 1. The number of hydrogen-bond donors (Lipinski definition) is 1. The number of benzene rings is 2. The van der Waals surface area contributed by atoms with Gasteiger partial charge >= 0.3 is 0 Å². The van der Waals surface area contributed by atoms with Crippen LogP contribution in [0.4, 0.5) is 5.82 Å². The van der Waals surface area contributed by atoms with Gasteiger partial charge in [-0.15, -0.1) is 0 Å². The van der Waals surface area contributed by atoms with Crippen LogP contribution in [0.2, 0.25) is 0 Å². The van der Waals surface area contributed by atoms with Crippen LogP contribution in [0, 0.1) is 6.92 Å². The van der Waals surface area contributed by atoms with Crippen molar-refractivity contribution in [3.05, 3.63) is 84.1 Å². The van der Waals surface area contributed by atoms with Gasteiger partial charge in [0.2, 0.25) is 0 Å². The van der Waals surface area contributed by atoms with Gasteiger partial charge in [-0.1, -0.05) is 24.3 Å². The zero-order valence-corrected chi connectivity index (χ0v) is 12.7. The Kier molecular flexibility index (Phi) is 4.34. The van der Waals surface area contributed by atoms with Crippen LogP contribution < -0.4 is 10.1 Å². The lowest BCUT2D eigenvalue weighted by atomic mass is 10.2. The predicted molar refractivity (Wildman–Crippen MR) is 89.9 cm³/mol. The van der Waals surface area contributed by atoms with E-state index in [0.717, 1.165) is 11.4 Å². The first-order chi connectivity index (χ1) is 11.2. The molecule has 23 heavy (non-hydrogen) atoms. The number of carbonyl (C=O) groups is 1. The van der Waals surface area contributed by atoms with Gasteiger partial charge in [0.1, 0.15) is 17.3 Å². The molecule has 1 amide bonds. The number of carbonyl (C=O) groups excluding carboxylic acids is 1. The van der Waals surface area contributed by atoms with Crippen molar-refractivity contribution in [1.82, 2.24) is 4.98 Å². The maximum Gasteiger partial charge on any atom is 0.256 e. The first-order valence-electron chi connectivity index (χ1n) is 7.29. The van der Waals surface area contributed by atoms with Crippen LogP contribution in [0.1, 0.15) is 16.1 Å². The van der Waals surface area contributed by atoms with E-state index >= 15 is 0 Å². The highest BCUT2D eigenvalue weighted by Crippen LogP contribution is 2.21. The fourth-order valence-electron chi connectivity index (χ4n) is 2.10. The Hall–Kier alpha value is -3.14. The molecular formula is C19H16N2O2. The van der Waals surface area contributed by atoms with Crippen LogP contribution in [0.15, 0.2) is 72.8 Å². The highest BCUT2D eigenvalue weighted by molar-refractivity contribution is 6.03. The Bertz CT molecular complexity index is 799. The molecule has 0 aliphatic heterocycles. The summed E-state index contributed by atoms with van der Waals surface area (Å²) in [6.45, 7) is 1.88. The fraction of sp³-hybridized carbons (Fsp3) is 0.0526. The summed E-state index contributed by atoms with van der Waals surface area (Å²) < 4.78 is 5.70. The number of nitrogens with one attached hydrogen (secondary N) is 1. The van der Waals surface area contributed by atoms with Gasteiger partial charge in [-0.25, -0.2) is 4.98 Å². The van der Waals surface area contributed by atoms with Crippen molar-refractivity contribution < 1.29 is 9.53 Å². The van der Waals surface area contributed by atoms with Crippen molar-refractivity contribution in [2.45, 2.75) is 6.92 Å². The summed E-state index contributed by atoms with van der Waals surface area (Å²) in [6, 6.07) is 22.0. The maximum atomic E-state index is 12.2. The number of amides is 1. The quantitative estimate of drug-likeness (QED) is 0.775. The number of anilines is 1. The molecule has 3 aromatic rings. The minimum Gasteiger partial charge on any atom is -0.457 e. The van der Waals surface area contributed by atoms with Crippen molar-refractivity contribution in [2.24, 2.45) is 0 Å². The van der Waals surface area contributed by atoms with E-state index in [1.54, 1.807) is 30.3 Å². The monoisotopic (exact) mass is 304 g/mol. The maximum absolute atomic E-state index is 12.2. The molecule has 4 nitrogen and oxygen atoms in total. The molecule has 0 unspecified atom stereocenters. The Morgan fingerprint density at radius 2 is 1.57 bits per heavy atom. The first kappa shape index (κ1) is 14.8. The highest BCUT2D eigenvalue weighted by Gasteiger charge is 2.07. The smallest absolute Gasteiger partial charge is 0.256 e. The molecule has 0 bridgehead atoms. The molecule has 4 heteroatoms. The lowest BCUT2D eigenvalue weighted by Gasteiger charge is -2.07. The highest BCUT2D eigenvalue weighted by atomic mass is 16.5. The number of pyridine rings is 1. The summed E-state index contributed by atoms with van der Waals surface area (Å²) in [5.74, 6) is 1.78. The summed E-state index contributed by atoms with van der Waals surface area (Å²) in [7, 11) is 0. The largest absolute Gasteiger partial charge is 0.457 e. The molecule has 114 valence electrons. The predicted octanol–water partition coefficient (Wildman–Crippen LogP) is 4.43. The molecule has 0 aliphatic rings. The van der Waals surface area contributed by atoms with E-state index in [0.29, 0.717) is 17.1 Å². The zero-order valence-electron chi connectivity index (χ0n) is 12.7. The van der Waals surface area contributed by atoms with Crippen molar-refractivity contribution in [1.29, 1.82) is 0 Å². The number of aromatic nitrogens is 1. The molecule has 3 rings (SSSR count). The standard InChI is InChI=1S/C19H16N2O2/c1-14-6-5-9-18(20-14)21-19(22)15-10-12-17(13-11-15)23-16-7-3-2-4-8-16/h2-13H,1H3,(H,20,21,22). The number of ether oxygens (including phenoxy) is 1. The topological polar surface area (TPSA) is 51.2 Å². The van der Waals surface area contributed by atoms with Crippen molar-refractivity contribution >= 4 is 11.7 Å². The van der Waals surface area contributed by atoms with E-state index in [9.17, 15) is 4.79 Å². The van der Waals surface area contributed by atoms with Gasteiger partial charge in [-0.3, -0.25) is 4.79 Å². The second kappa shape index (κ2) is 6.75. The van der Waals surface area contributed by atoms with E-state index in [2.05, 4.69) is 10.3 Å². The van der Waals surface area contributed by atoms with Gasteiger partial charge in [0.15, 0.2) is 0 Å². The van der Waals surface area contributed by atoms with E-state index in [-0.39, 0.29) is 5.91 Å². The Labute approximate surface area is 134 Å². The summed E-state index contributed by atoms with van der Waals surface area (Å²) in [5.41, 5.74) is 1.41. The molecule has 1 heterocycles. The van der Waals surface area contributed by atoms with E-state index < -0.39 is 0 Å². The lowest BCUT2D eigenvalue weighted by Crippen LogP contribution is -2.12. The molecule has 0 aliphatic carbocycles. The van der Waals surface area contributed by atoms with Crippen molar-refractivity contribution in [3.8, 4) is 11.5 Å². The van der Waals surface area contributed by atoms with Crippen LogP contribution in [0.25, 0.3) is 0 Å². The Morgan fingerprint density at radius 3 is 2.26 bits per heavy atom. The second-order valence-electron chi connectivity index (χ2n) is 5.06. The average molecular weight is 304 g/mol. The third-order valence-electron chi connectivity index (χ3n) is 3.23. The van der Waals surface area contributed by atoms with Gasteiger partial charge in [-0.2, -0.15) is 0 Å². The SMILES string of the molecule is Cc1cccc(NC(=O)c2ccc(Oc3ccccc3)cc2)n1. The average Bonchev–Trinajstić information content (AvgIpc) is 2.56. The van der Waals surface area contributed by atoms with Gasteiger partial charge < -0.3 is 10.1 Å². The summed E-state index contributed by atoms with van der Waals surface area (Å²) in [4.78, 5) is 16.5. The number of aryl methyl sites for hydroxylation is 1. The molecule has 0 saturated carbocycles. The van der Waals surface area contributed by atoms with Gasteiger partial charge in [0, 0.05) is 11.3 Å². The summed E-state index contributed by atoms with van der Waals surface area (Å²) in [5, 5.41) is 2.78. The third kappa shape index (κ3) is 3.95. The number of para-hydroxylation sites is 1. The molecule has 0 atom stereocenters. The number of rotatable bonds is 4. The van der Waals surface area contributed by atoms with Crippen LogP contribution in [-0.4, -0.2) is 10.9 Å². The van der Waals surface area contributed by atoms with E-state index in [4.69, 9.17) is 4.74 Å². The molecule has 2 aromatic carbocycles. The summed E-state index contributed by atoms with van der Waals surface area (Å²) in [6.07, 6.45) is 0. The lowest BCUT2D eigenvalue weighted by molar-refractivity contribution is 0.102. The third-order valence-corrected chi connectivity index (χ3v) is 3.23. The van der Waals surface area contributed by atoms with E-state index in [1.165, 1.54) is 0 Å². The van der Waals surface area contributed by atoms with Gasteiger partial charge in [0.25, 0.3) is 5.91 Å². The minimum atomic E-state index is -0.200. The van der Waals surface area contributed by atoms with Crippen LogP contribution in [0.3, 0.4) is 0 Å². The van der Waals surface area contributed by atoms with Crippen LogP contribution in [-0.2, 0) is 0 Å². The normalized spacial score (nSPS) is 10.1. The molecular weight excluding hydrogens is 288 g/mol. The fourth-order valence-corrected chi connectivity index (χ4v) is 2.10.